The lowest BCUT2D eigenvalue weighted by Crippen LogP contribution is -2.19. The molecule has 3 nitrogen and oxygen atoms in total. The monoisotopic (exact) mass is 264 g/mol. The second kappa shape index (κ2) is 8.81. The minimum absolute atomic E-state index is 0.725. The molecule has 0 spiro atoms. The van der Waals surface area contributed by atoms with Crippen LogP contribution in [-0.2, 0) is 0 Å². The van der Waals surface area contributed by atoms with E-state index < -0.39 is 0 Å². The van der Waals surface area contributed by atoms with E-state index in [1.165, 1.54) is 12.8 Å². The van der Waals surface area contributed by atoms with Crippen molar-refractivity contribution in [2.24, 2.45) is 5.92 Å². The zero-order chi connectivity index (χ0) is 14.1. The Labute approximate surface area is 118 Å². The largest absolute Gasteiger partial charge is 0.492 e. The van der Waals surface area contributed by atoms with Gasteiger partial charge in [0, 0.05) is 24.8 Å². The number of rotatable bonds is 9. The molecular weight excluding hydrogens is 236 g/mol. The number of hydrogen-bond donors (Lipinski definition) is 1. The summed E-state index contributed by atoms with van der Waals surface area (Å²) in [5, 5.41) is 3.50. The van der Waals surface area contributed by atoms with Crippen molar-refractivity contribution in [1.82, 2.24) is 4.90 Å². The lowest BCUT2D eigenvalue weighted by atomic mass is 10.0. The Morgan fingerprint density at radius 1 is 1.21 bits per heavy atom. The summed E-state index contributed by atoms with van der Waals surface area (Å²) in [4.78, 5) is 2.12. The first-order valence-electron chi connectivity index (χ1n) is 7.27. The van der Waals surface area contributed by atoms with Gasteiger partial charge in [0.15, 0.2) is 0 Å². The van der Waals surface area contributed by atoms with Gasteiger partial charge >= 0.3 is 0 Å². The van der Waals surface area contributed by atoms with E-state index in [1.54, 1.807) is 0 Å². The molecule has 0 unspecified atom stereocenters. The maximum Gasteiger partial charge on any atom is 0.121 e. The maximum atomic E-state index is 5.74. The summed E-state index contributed by atoms with van der Waals surface area (Å²) < 4.78 is 5.74. The maximum absolute atomic E-state index is 5.74. The molecular formula is C16H28N2O. The Bertz CT molecular complexity index is 348. The van der Waals surface area contributed by atoms with Crippen LogP contribution in [0.1, 0.15) is 26.7 Å². The molecule has 19 heavy (non-hydrogen) atoms. The summed E-state index contributed by atoms with van der Waals surface area (Å²) >= 11 is 0. The van der Waals surface area contributed by atoms with Gasteiger partial charge in [0.25, 0.3) is 0 Å². The molecule has 0 aromatic heterocycles. The fourth-order valence-electron chi connectivity index (χ4n) is 1.88. The first kappa shape index (κ1) is 15.8. The zero-order valence-corrected chi connectivity index (χ0v) is 12.8. The molecule has 3 heteroatoms. The third kappa shape index (κ3) is 6.48. The van der Waals surface area contributed by atoms with Gasteiger partial charge in [-0.05, 0) is 32.1 Å². The summed E-state index contributed by atoms with van der Waals surface area (Å²) in [6, 6.07) is 8.23. The van der Waals surface area contributed by atoms with Crippen LogP contribution in [0.25, 0.3) is 0 Å². The molecule has 0 saturated carbocycles. The Hall–Kier alpha value is -1.22. The fourth-order valence-corrected chi connectivity index (χ4v) is 1.88. The molecule has 0 fully saturated rings. The van der Waals surface area contributed by atoms with Crippen LogP contribution in [-0.4, -0.2) is 38.7 Å². The highest BCUT2D eigenvalue weighted by Crippen LogP contribution is 2.18. The fraction of sp³-hybridized carbons (Fsp3) is 0.625. The molecule has 0 radical (unpaired) electrons. The van der Waals surface area contributed by atoms with Crippen LogP contribution in [0.15, 0.2) is 24.3 Å². The molecule has 108 valence electrons. The Morgan fingerprint density at radius 2 is 1.95 bits per heavy atom. The minimum Gasteiger partial charge on any atom is -0.492 e. The average molecular weight is 264 g/mol. The molecule has 1 N–H and O–H groups in total. The van der Waals surface area contributed by atoms with E-state index in [-0.39, 0.29) is 0 Å². The zero-order valence-electron chi connectivity index (χ0n) is 12.8. The number of nitrogens with zero attached hydrogens (tertiary/aromatic N) is 1. The third-order valence-corrected chi connectivity index (χ3v) is 3.39. The van der Waals surface area contributed by atoms with Gasteiger partial charge in [0.05, 0.1) is 0 Å². The van der Waals surface area contributed by atoms with Crippen molar-refractivity contribution >= 4 is 5.69 Å². The molecule has 1 aromatic rings. The number of nitrogens with one attached hydrogen (secondary N) is 1. The number of likely N-dealkylation sites (N-methyl/N-ethyl adjacent to an activating group) is 1. The summed E-state index contributed by atoms with van der Waals surface area (Å²) in [6.07, 6.45) is 2.45. The van der Waals surface area contributed by atoms with Crippen LogP contribution in [0.3, 0.4) is 0 Å². The second-order valence-corrected chi connectivity index (χ2v) is 5.24. The molecule has 0 aliphatic heterocycles. The van der Waals surface area contributed by atoms with E-state index >= 15 is 0 Å². The van der Waals surface area contributed by atoms with Crippen molar-refractivity contribution in [2.75, 3.05) is 39.1 Å². The average Bonchev–Trinajstić information content (AvgIpc) is 2.40. The van der Waals surface area contributed by atoms with Gasteiger partial charge in [-0.1, -0.05) is 32.8 Å². The standard InChI is InChI=1S/C16H28N2O/c1-5-14(6-2)13-17-15-8-7-9-16(12-15)19-11-10-18(3)4/h7-9,12,14,17H,5-6,10-11,13H2,1-4H3. The van der Waals surface area contributed by atoms with Crippen LogP contribution in [0, 0.1) is 5.92 Å². The van der Waals surface area contributed by atoms with Crippen molar-refractivity contribution in [1.29, 1.82) is 0 Å². The van der Waals surface area contributed by atoms with Crippen LogP contribution < -0.4 is 10.1 Å². The molecule has 0 bridgehead atoms. The summed E-state index contributed by atoms with van der Waals surface area (Å²) in [7, 11) is 4.11. The summed E-state index contributed by atoms with van der Waals surface area (Å²) in [6.45, 7) is 7.19. The van der Waals surface area contributed by atoms with Crippen LogP contribution in [0.2, 0.25) is 0 Å². The van der Waals surface area contributed by atoms with Crippen LogP contribution >= 0.6 is 0 Å². The summed E-state index contributed by atoms with van der Waals surface area (Å²) in [5.41, 5.74) is 1.15. The Morgan fingerprint density at radius 3 is 2.58 bits per heavy atom. The number of anilines is 1. The predicted molar refractivity (Wildman–Crippen MR) is 83.1 cm³/mol. The van der Waals surface area contributed by atoms with E-state index in [9.17, 15) is 0 Å². The highest BCUT2D eigenvalue weighted by Gasteiger charge is 2.03. The van der Waals surface area contributed by atoms with Crippen LogP contribution in [0.4, 0.5) is 5.69 Å². The first-order valence-corrected chi connectivity index (χ1v) is 7.27. The van der Waals surface area contributed by atoms with Gasteiger partial charge in [-0.2, -0.15) is 0 Å². The molecule has 0 amide bonds. The second-order valence-electron chi connectivity index (χ2n) is 5.24. The SMILES string of the molecule is CCC(CC)CNc1cccc(OCCN(C)C)c1. The first-order chi connectivity index (χ1) is 9.15. The van der Waals surface area contributed by atoms with Crippen molar-refractivity contribution in [3.63, 3.8) is 0 Å². The van der Waals surface area contributed by atoms with Gasteiger partial charge < -0.3 is 15.0 Å². The minimum atomic E-state index is 0.725. The topological polar surface area (TPSA) is 24.5 Å². The quantitative estimate of drug-likeness (QED) is 0.739. The molecule has 0 aliphatic rings. The van der Waals surface area contributed by atoms with E-state index in [1.807, 2.05) is 12.1 Å². The highest BCUT2D eigenvalue weighted by molar-refractivity contribution is 5.48. The van der Waals surface area contributed by atoms with Crippen molar-refractivity contribution < 1.29 is 4.74 Å². The highest BCUT2D eigenvalue weighted by atomic mass is 16.5. The molecule has 0 heterocycles. The van der Waals surface area contributed by atoms with Gasteiger partial charge in [-0.25, -0.2) is 0 Å². The molecule has 0 saturated heterocycles. The Kier molecular flexibility index (Phi) is 7.34. The Balaban J connectivity index is 2.43. The number of hydrogen-bond acceptors (Lipinski definition) is 3. The van der Waals surface area contributed by atoms with Crippen molar-refractivity contribution in [3.05, 3.63) is 24.3 Å². The lowest BCUT2D eigenvalue weighted by molar-refractivity contribution is 0.261. The van der Waals surface area contributed by atoms with Gasteiger partial charge in [-0.15, -0.1) is 0 Å². The van der Waals surface area contributed by atoms with E-state index in [4.69, 9.17) is 4.74 Å². The normalized spacial score (nSPS) is 11.1. The van der Waals surface area contributed by atoms with Crippen molar-refractivity contribution in [3.8, 4) is 5.75 Å². The molecule has 0 aliphatic carbocycles. The van der Waals surface area contributed by atoms with Crippen LogP contribution in [0.5, 0.6) is 5.75 Å². The summed E-state index contributed by atoms with van der Waals surface area (Å²) in [5.74, 6) is 1.69. The van der Waals surface area contributed by atoms with E-state index in [2.05, 4.69) is 50.3 Å². The van der Waals surface area contributed by atoms with Gasteiger partial charge in [0.2, 0.25) is 0 Å². The smallest absolute Gasteiger partial charge is 0.121 e. The van der Waals surface area contributed by atoms with Crippen molar-refractivity contribution in [2.45, 2.75) is 26.7 Å². The van der Waals surface area contributed by atoms with E-state index in [0.717, 1.165) is 37.1 Å². The molecule has 0 atom stereocenters. The van der Waals surface area contributed by atoms with Gasteiger partial charge in [-0.3, -0.25) is 0 Å². The van der Waals surface area contributed by atoms with E-state index in [0.29, 0.717) is 0 Å². The third-order valence-electron chi connectivity index (χ3n) is 3.39. The lowest BCUT2D eigenvalue weighted by Gasteiger charge is -2.15. The van der Waals surface area contributed by atoms with Gasteiger partial charge in [0.1, 0.15) is 12.4 Å². The number of ether oxygens (including phenoxy) is 1. The molecule has 1 rings (SSSR count). The number of benzene rings is 1. The molecule has 1 aromatic carbocycles. The predicted octanol–water partition coefficient (Wildman–Crippen LogP) is 3.48.